The maximum absolute atomic E-state index is 6.25. The van der Waals surface area contributed by atoms with E-state index in [-0.39, 0.29) is 0 Å². The summed E-state index contributed by atoms with van der Waals surface area (Å²) in [5.41, 5.74) is 3.76. The highest BCUT2D eigenvalue weighted by Gasteiger charge is 2.17. The minimum atomic E-state index is 0.871. The van der Waals surface area contributed by atoms with Gasteiger partial charge in [-0.15, -0.1) is 0 Å². The lowest BCUT2D eigenvalue weighted by Gasteiger charge is -2.34. The van der Waals surface area contributed by atoms with Gasteiger partial charge < -0.3 is 0 Å². The summed E-state index contributed by atoms with van der Waals surface area (Å²) in [6, 6.07) is 10.4. The van der Waals surface area contributed by atoms with Gasteiger partial charge in [0.05, 0.1) is 0 Å². The molecule has 0 aliphatic carbocycles. The van der Waals surface area contributed by atoms with Crippen molar-refractivity contribution in [3.63, 3.8) is 0 Å². The van der Waals surface area contributed by atoms with Gasteiger partial charge in [0.2, 0.25) is 0 Å². The third-order valence-corrected chi connectivity index (χ3v) is 4.52. The molecule has 1 aliphatic heterocycles. The number of aryl methyl sites for hydroxylation is 1. The van der Waals surface area contributed by atoms with Crippen molar-refractivity contribution in [2.45, 2.75) is 20.0 Å². The zero-order chi connectivity index (χ0) is 15.4. The fourth-order valence-corrected chi connectivity index (χ4v) is 3.13. The quantitative estimate of drug-likeness (QED) is 0.862. The van der Waals surface area contributed by atoms with Gasteiger partial charge in [-0.05, 0) is 29.7 Å². The molecular formula is C18H22ClN3. The second kappa shape index (κ2) is 7.23. The van der Waals surface area contributed by atoms with Crippen LogP contribution in [-0.2, 0) is 13.1 Å². The maximum atomic E-state index is 6.25. The van der Waals surface area contributed by atoms with Crippen molar-refractivity contribution in [3.8, 4) is 0 Å². The summed E-state index contributed by atoms with van der Waals surface area (Å²) in [4.78, 5) is 9.26. The third-order valence-electron chi connectivity index (χ3n) is 4.15. The molecule has 1 saturated heterocycles. The van der Waals surface area contributed by atoms with Gasteiger partial charge in [0.1, 0.15) is 0 Å². The van der Waals surface area contributed by atoms with Crippen LogP contribution in [0, 0.1) is 6.92 Å². The lowest BCUT2D eigenvalue weighted by atomic mass is 10.1. The van der Waals surface area contributed by atoms with E-state index in [1.807, 2.05) is 24.5 Å². The second-order valence-electron chi connectivity index (χ2n) is 6.01. The molecule has 0 saturated carbocycles. The van der Waals surface area contributed by atoms with Gasteiger partial charge in [-0.3, -0.25) is 14.8 Å². The molecule has 2 heterocycles. The van der Waals surface area contributed by atoms with E-state index in [1.54, 1.807) is 0 Å². The fraction of sp³-hybridized carbons (Fsp3) is 0.389. The molecule has 1 aliphatic rings. The second-order valence-corrected chi connectivity index (χ2v) is 6.42. The monoisotopic (exact) mass is 315 g/mol. The van der Waals surface area contributed by atoms with Crippen LogP contribution in [0.3, 0.4) is 0 Å². The van der Waals surface area contributed by atoms with Crippen LogP contribution < -0.4 is 0 Å². The smallest absolute Gasteiger partial charge is 0.0451 e. The molecule has 2 aromatic rings. The summed E-state index contributed by atoms with van der Waals surface area (Å²) < 4.78 is 0. The zero-order valence-electron chi connectivity index (χ0n) is 13.0. The molecule has 0 spiro atoms. The molecule has 3 nitrogen and oxygen atoms in total. The normalized spacial score (nSPS) is 16.8. The van der Waals surface area contributed by atoms with Gasteiger partial charge in [-0.25, -0.2) is 0 Å². The average molecular weight is 316 g/mol. The van der Waals surface area contributed by atoms with Gasteiger partial charge in [-0.1, -0.05) is 35.9 Å². The fourth-order valence-electron chi connectivity index (χ4n) is 2.94. The molecule has 0 bridgehead atoms. The van der Waals surface area contributed by atoms with Crippen molar-refractivity contribution in [2.24, 2.45) is 0 Å². The molecule has 0 amide bonds. The summed E-state index contributed by atoms with van der Waals surface area (Å²) >= 11 is 6.25. The summed E-state index contributed by atoms with van der Waals surface area (Å²) in [6.45, 7) is 8.40. The number of piperazine rings is 1. The standard InChI is InChI=1S/C18H22ClN3/c1-15-10-16(12-20-11-15)13-21-6-8-22(9-7-21)14-17-4-2-3-5-18(17)19/h2-5,10-12H,6-9,13-14H2,1H3. The number of hydrogen-bond acceptors (Lipinski definition) is 3. The first-order valence-electron chi connectivity index (χ1n) is 7.79. The first-order chi connectivity index (χ1) is 10.7. The van der Waals surface area contributed by atoms with E-state index in [4.69, 9.17) is 11.6 Å². The molecule has 0 radical (unpaired) electrons. The lowest BCUT2D eigenvalue weighted by molar-refractivity contribution is 0.122. The van der Waals surface area contributed by atoms with Crippen LogP contribution in [0.1, 0.15) is 16.7 Å². The van der Waals surface area contributed by atoms with Crippen LogP contribution in [0.15, 0.2) is 42.7 Å². The molecule has 1 aromatic carbocycles. The number of nitrogens with zero attached hydrogens (tertiary/aromatic N) is 3. The Kier molecular flexibility index (Phi) is 5.08. The molecule has 0 unspecified atom stereocenters. The van der Waals surface area contributed by atoms with Crippen LogP contribution in [-0.4, -0.2) is 41.0 Å². The van der Waals surface area contributed by atoms with Gasteiger partial charge >= 0.3 is 0 Å². The van der Waals surface area contributed by atoms with Crippen molar-refractivity contribution in [2.75, 3.05) is 26.2 Å². The Morgan fingerprint density at radius 1 is 1.00 bits per heavy atom. The SMILES string of the molecule is Cc1cncc(CN2CCN(Cc3ccccc3Cl)CC2)c1. The number of pyridine rings is 1. The van der Waals surface area contributed by atoms with E-state index in [9.17, 15) is 0 Å². The minimum Gasteiger partial charge on any atom is -0.296 e. The Bertz CT molecular complexity index is 621. The lowest BCUT2D eigenvalue weighted by Crippen LogP contribution is -2.45. The van der Waals surface area contributed by atoms with E-state index >= 15 is 0 Å². The zero-order valence-corrected chi connectivity index (χ0v) is 13.8. The average Bonchev–Trinajstić information content (AvgIpc) is 2.52. The van der Waals surface area contributed by atoms with Gasteiger partial charge in [0.15, 0.2) is 0 Å². The first-order valence-corrected chi connectivity index (χ1v) is 8.17. The molecule has 0 N–H and O–H groups in total. The maximum Gasteiger partial charge on any atom is 0.0451 e. The molecule has 116 valence electrons. The predicted octanol–water partition coefficient (Wildman–Crippen LogP) is 3.36. The van der Waals surface area contributed by atoms with E-state index in [0.29, 0.717) is 0 Å². The molecule has 4 heteroatoms. The van der Waals surface area contributed by atoms with Crippen LogP contribution in [0.5, 0.6) is 0 Å². The van der Waals surface area contributed by atoms with E-state index in [0.717, 1.165) is 44.3 Å². The number of hydrogen-bond donors (Lipinski definition) is 0. The molecule has 22 heavy (non-hydrogen) atoms. The summed E-state index contributed by atoms with van der Waals surface area (Å²) in [7, 11) is 0. The summed E-state index contributed by atoms with van der Waals surface area (Å²) in [5, 5.41) is 0.871. The first kappa shape index (κ1) is 15.5. The third kappa shape index (κ3) is 4.07. The van der Waals surface area contributed by atoms with Crippen molar-refractivity contribution < 1.29 is 0 Å². The van der Waals surface area contributed by atoms with Gasteiger partial charge in [0.25, 0.3) is 0 Å². The summed E-state index contributed by atoms with van der Waals surface area (Å²) in [5.74, 6) is 0. The highest BCUT2D eigenvalue weighted by molar-refractivity contribution is 6.31. The Balaban J connectivity index is 1.51. The van der Waals surface area contributed by atoms with Crippen LogP contribution in [0.25, 0.3) is 0 Å². The Hall–Kier alpha value is -1.42. The molecule has 0 atom stereocenters. The van der Waals surface area contributed by atoms with Gasteiger partial charge in [-0.2, -0.15) is 0 Å². The van der Waals surface area contributed by atoms with E-state index in [2.05, 4.69) is 39.9 Å². The van der Waals surface area contributed by atoms with Crippen LogP contribution >= 0.6 is 11.6 Å². The van der Waals surface area contributed by atoms with Crippen molar-refractivity contribution >= 4 is 11.6 Å². The van der Waals surface area contributed by atoms with Crippen molar-refractivity contribution in [1.29, 1.82) is 0 Å². The van der Waals surface area contributed by atoms with Crippen LogP contribution in [0.2, 0.25) is 5.02 Å². The number of aromatic nitrogens is 1. The largest absolute Gasteiger partial charge is 0.296 e. The summed E-state index contributed by atoms with van der Waals surface area (Å²) in [6.07, 6.45) is 3.88. The Labute approximate surface area is 137 Å². The number of benzene rings is 1. The highest BCUT2D eigenvalue weighted by atomic mass is 35.5. The van der Waals surface area contributed by atoms with E-state index < -0.39 is 0 Å². The van der Waals surface area contributed by atoms with Crippen LogP contribution in [0.4, 0.5) is 0 Å². The van der Waals surface area contributed by atoms with Crippen molar-refractivity contribution in [1.82, 2.24) is 14.8 Å². The predicted molar refractivity (Wildman–Crippen MR) is 91.0 cm³/mol. The van der Waals surface area contributed by atoms with Gasteiger partial charge in [0, 0.05) is 56.7 Å². The van der Waals surface area contributed by atoms with Crippen molar-refractivity contribution in [3.05, 3.63) is 64.4 Å². The minimum absolute atomic E-state index is 0.871. The van der Waals surface area contributed by atoms with E-state index in [1.165, 1.54) is 16.7 Å². The molecule has 1 aromatic heterocycles. The number of halogens is 1. The molecule has 3 rings (SSSR count). The topological polar surface area (TPSA) is 19.4 Å². The molecular weight excluding hydrogens is 294 g/mol. The number of rotatable bonds is 4. The highest BCUT2D eigenvalue weighted by Crippen LogP contribution is 2.18. The Morgan fingerprint density at radius 3 is 2.36 bits per heavy atom. The molecule has 1 fully saturated rings. The Morgan fingerprint density at radius 2 is 1.68 bits per heavy atom.